The van der Waals surface area contributed by atoms with Gasteiger partial charge in [0, 0.05) is 7.11 Å². The molecular formula is C13H20NO5P. The van der Waals surface area contributed by atoms with E-state index >= 15 is 0 Å². The topological polar surface area (TPSA) is 73.9 Å². The molecule has 1 rings (SSSR count). The number of ether oxygens (including phenoxy) is 1. The minimum absolute atomic E-state index is 0.247. The second-order valence-corrected chi connectivity index (χ2v) is 6.22. The first-order valence-corrected chi connectivity index (χ1v) is 7.79. The molecule has 0 aliphatic rings. The second kappa shape index (κ2) is 7.43. The van der Waals surface area contributed by atoms with Crippen molar-refractivity contribution in [2.24, 2.45) is 0 Å². The summed E-state index contributed by atoms with van der Waals surface area (Å²) in [7, 11) is -2.38. The lowest BCUT2D eigenvalue weighted by Crippen LogP contribution is -2.36. The Hall–Kier alpha value is -1.36. The van der Waals surface area contributed by atoms with E-state index in [4.69, 9.17) is 13.8 Å². The Morgan fingerprint density at radius 3 is 2.30 bits per heavy atom. The highest BCUT2D eigenvalue weighted by molar-refractivity contribution is 7.52. The predicted molar refractivity (Wildman–Crippen MR) is 75.5 cm³/mol. The minimum atomic E-state index is -3.63. The first-order chi connectivity index (χ1) is 9.36. The van der Waals surface area contributed by atoms with Crippen LogP contribution in [-0.4, -0.2) is 25.2 Å². The number of para-hydroxylation sites is 1. The van der Waals surface area contributed by atoms with Crippen LogP contribution in [0, 0.1) is 0 Å². The summed E-state index contributed by atoms with van der Waals surface area (Å²) in [6.07, 6.45) is -0.247. The van der Waals surface area contributed by atoms with E-state index in [-0.39, 0.29) is 6.10 Å². The van der Waals surface area contributed by atoms with Crippen LogP contribution in [0.25, 0.3) is 0 Å². The molecule has 2 atom stereocenters. The molecule has 1 unspecified atom stereocenters. The maximum atomic E-state index is 12.4. The monoisotopic (exact) mass is 301 g/mol. The highest BCUT2D eigenvalue weighted by atomic mass is 31.2. The van der Waals surface area contributed by atoms with Crippen molar-refractivity contribution in [2.75, 3.05) is 7.11 Å². The fourth-order valence-corrected chi connectivity index (χ4v) is 2.57. The number of nitrogens with one attached hydrogen (secondary N) is 1. The van der Waals surface area contributed by atoms with Crippen LogP contribution in [-0.2, 0) is 18.6 Å². The summed E-state index contributed by atoms with van der Waals surface area (Å²) in [5.41, 5.74) is 0. The van der Waals surface area contributed by atoms with Crippen LogP contribution in [0.2, 0.25) is 0 Å². The van der Waals surface area contributed by atoms with Crippen molar-refractivity contribution >= 4 is 13.7 Å². The summed E-state index contributed by atoms with van der Waals surface area (Å²) >= 11 is 0. The Balaban J connectivity index is 2.70. The molecule has 0 saturated heterocycles. The van der Waals surface area contributed by atoms with Crippen molar-refractivity contribution in [3.8, 4) is 5.75 Å². The van der Waals surface area contributed by atoms with Gasteiger partial charge in [-0.1, -0.05) is 18.2 Å². The zero-order valence-corrected chi connectivity index (χ0v) is 12.9. The summed E-state index contributed by atoms with van der Waals surface area (Å²) in [6.45, 7) is 5.01. The summed E-state index contributed by atoms with van der Waals surface area (Å²) in [4.78, 5) is 11.7. The van der Waals surface area contributed by atoms with Gasteiger partial charge in [0.1, 0.15) is 11.8 Å². The van der Waals surface area contributed by atoms with E-state index in [1.807, 2.05) is 0 Å². The zero-order valence-electron chi connectivity index (χ0n) is 12.0. The van der Waals surface area contributed by atoms with Gasteiger partial charge in [-0.15, -0.1) is 0 Å². The molecule has 0 aliphatic carbocycles. The number of esters is 1. The number of hydrogen-bond acceptors (Lipinski definition) is 5. The molecule has 0 fully saturated rings. The van der Waals surface area contributed by atoms with Gasteiger partial charge in [0.25, 0.3) is 0 Å². The van der Waals surface area contributed by atoms with E-state index in [1.165, 1.54) is 14.0 Å². The molecule has 0 radical (unpaired) electrons. The standard InChI is InChI=1S/C13H20NO5P/c1-10(2)18-13(15)11(3)14-20(16,17-4)19-12-8-6-5-7-9-12/h5-11H,1-4H3,(H,14,16)/t11-,20?/m0/s1. The Morgan fingerprint density at radius 2 is 1.80 bits per heavy atom. The SMILES string of the molecule is COP(=O)(N[C@@H](C)C(=O)OC(C)C)Oc1ccccc1. The number of carbonyl (C=O) groups excluding carboxylic acids is 1. The fourth-order valence-electron chi connectivity index (χ4n) is 1.36. The molecule has 1 aromatic carbocycles. The van der Waals surface area contributed by atoms with E-state index in [1.54, 1.807) is 44.2 Å². The second-order valence-electron chi connectivity index (χ2n) is 4.42. The summed E-state index contributed by atoms with van der Waals surface area (Å²) in [6, 6.07) is 7.76. The van der Waals surface area contributed by atoms with Crippen LogP contribution in [0.15, 0.2) is 30.3 Å². The molecule has 0 aromatic heterocycles. The maximum Gasteiger partial charge on any atom is 0.459 e. The van der Waals surface area contributed by atoms with Crippen molar-refractivity contribution in [2.45, 2.75) is 32.9 Å². The first kappa shape index (κ1) is 16.7. The number of rotatable bonds is 7. The lowest BCUT2D eigenvalue weighted by molar-refractivity contribution is -0.149. The molecule has 0 bridgehead atoms. The van der Waals surface area contributed by atoms with Gasteiger partial charge in [0.15, 0.2) is 0 Å². The Morgan fingerprint density at radius 1 is 1.20 bits per heavy atom. The molecule has 0 saturated carbocycles. The first-order valence-electron chi connectivity index (χ1n) is 6.25. The van der Waals surface area contributed by atoms with Crippen LogP contribution < -0.4 is 9.61 Å². The molecule has 0 heterocycles. The van der Waals surface area contributed by atoms with Gasteiger partial charge in [0.05, 0.1) is 6.10 Å². The maximum absolute atomic E-state index is 12.4. The number of hydrogen-bond donors (Lipinski definition) is 1. The van der Waals surface area contributed by atoms with Crippen molar-refractivity contribution < 1.29 is 23.1 Å². The summed E-state index contributed by atoms with van der Waals surface area (Å²) < 4.78 is 27.6. The van der Waals surface area contributed by atoms with Crippen LogP contribution in [0.1, 0.15) is 20.8 Å². The third-order valence-corrected chi connectivity index (χ3v) is 3.90. The lowest BCUT2D eigenvalue weighted by Gasteiger charge is -2.21. The molecule has 7 heteroatoms. The quantitative estimate of drug-likeness (QED) is 0.616. The lowest BCUT2D eigenvalue weighted by atomic mass is 10.3. The number of carbonyl (C=O) groups is 1. The highest BCUT2D eigenvalue weighted by Crippen LogP contribution is 2.43. The molecule has 112 valence electrons. The third-order valence-electron chi connectivity index (χ3n) is 2.27. The number of benzene rings is 1. The minimum Gasteiger partial charge on any atom is -0.462 e. The molecule has 1 N–H and O–H groups in total. The zero-order chi connectivity index (χ0) is 15.2. The fraction of sp³-hybridized carbons (Fsp3) is 0.462. The highest BCUT2D eigenvalue weighted by Gasteiger charge is 2.31. The van der Waals surface area contributed by atoms with E-state index in [0.717, 1.165) is 0 Å². The van der Waals surface area contributed by atoms with Crippen LogP contribution in [0.5, 0.6) is 5.75 Å². The van der Waals surface area contributed by atoms with Gasteiger partial charge in [-0.05, 0) is 32.9 Å². The van der Waals surface area contributed by atoms with E-state index in [9.17, 15) is 9.36 Å². The van der Waals surface area contributed by atoms with Crippen LogP contribution in [0.3, 0.4) is 0 Å². The van der Waals surface area contributed by atoms with E-state index in [0.29, 0.717) is 5.75 Å². The van der Waals surface area contributed by atoms with Gasteiger partial charge in [-0.3, -0.25) is 9.32 Å². The van der Waals surface area contributed by atoms with Gasteiger partial charge < -0.3 is 9.26 Å². The normalized spacial score (nSPS) is 15.4. The van der Waals surface area contributed by atoms with Crippen molar-refractivity contribution in [3.63, 3.8) is 0 Å². The van der Waals surface area contributed by atoms with Gasteiger partial charge >= 0.3 is 13.7 Å². The molecular weight excluding hydrogens is 281 g/mol. The largest absolute Gasteiger partial charge is 0.462 e. The van der Waals surface area contributed by atoms with E-state index < -0.39 is 19.8 Å². The van der Waals surface area contributed by atoms with Gasteiger partial charge in [0.2, 0.25) is 0 Å². The average Bonchev–Trinajstić information content (AvgIpc) is 2.39. The average molecular weight is 301 g/mol. The summed E-state index contributed by atoms with van der Waals surface area (Å²) in [5, 5.41) is 2.53. The summed E-state index contributed by atoms with van der Waals surface area (Å²) in [5.74, 6) is -0.136. The molecule has 0 aliphatic heterocycles. The Bertz CT molecular complexity index is 477. The molecule has 6 nitrogen and oxygen atoms in total. The van der Waals surface area contributed by atoms with Gasteiger partial charge in [-0.2, -0.15) is 5.09 Å². The van der Waals surface area contributed by atoms with Crippen molar-refractivity contribution in [1.29, 1.82) is 0 Å². The van der Waals surface area contributed by atoms with Crippen LogP contribution >= 0.6 is 7.75 Å². The predicted octanol–water partition coefficient (Wildman–Crippen LogP) is 2.75. The van der Waals surface area contributed by atoms with E-state index in [2.05, 4.69) is 5.09 Å². The molecule has 0 amide bonds. The Kier molecular flexibility index (Phi) is 6.20. The molecule has 20 heavy (non-hydrogen) atoms. The molecule has 1 aromatic rings. The Labute approximate surface area is 119 Å². The van der Waals surface area contributed by atoms with Crippen molar-refractivity contribution in [3.05, 3.63) is 30.3 Å². The smallest absolute Gasteiger partial charge is 0.459 e. The van der Waals surface area contributed by atoms with Crippen molar-refractivity contribution in [1.82, 2.24) is 5.09 Å². The van der Waals surface area contributed by atoms with Crippen LogP contribution in [0.4, 0.5) is 0 Å². The third kappa shape index (κ3) is 5.33. The van der Waals surface area contributed by atoms with Gasteiger partial charge in [-0.25, -0.2) is 4.57 Å². The molecule has 0 spiro atoms.